The normalized spacial score (nSPS) is 24.5. The molecule has 2 amide bonds. The Hall–Kier alpha value is -2.83. The molecule has 2 aromatic carbocycles. The molecule has 2 heterocycles. The van der Waals surface area contributed by atoms with Gasteiger partial charge in [0.05, 0.1) is 11.6 Å². The van der Waals surface area contributed by atoms with Gasteiger partial charge in [0.1, 0.15) is 5.41 Å². The van der Waals surface area contributed by atoms with Crippen LogP contribution in [0.4, 0.5) is 5.69 Å². The Kier molecular flexibility index (Phi) is 5.31. The van der Waals surface area contributed by atoms with E-state index in [9.17, 15) is 19.5 Å². The third kappa shape index (κ3) is 3.30. The second kappa shape index (κ2) is 7.70. The molecule has 2 aromatic rings. The van der Waals surface area contributed by atoms with Crippen LogP contribution in [-0.2, 0) is 15.0 Å². The Morgan fingerprint density at radius 2 is 1.94 bits per heavy atom. The Morgan fingerprint density at radius 1 is 1.19 bits per heavy atom. The van der Waals surface area contributed by atoms with Crippen LogP contribution in [0.1, 0.15) is 47.2 Å². The number of hydrogen-bond donors (Lipinski definition) is 3. The van der Waals surface area contributed by atoms with Crippen LogP contribution < -0.4 is 10.6 Å². The number of piperidine rings is 1. The molecule has 0 aromatic heterocycles. The first-order valence-electron chi connectivity index (χ1n) is 9.80. The third-order valence-corrected chi connectivity index (χ3v) is 6.64. The second-order valence-electron chi connectivity index (χ2n) is 7.86. The van der Waals surface area contributed by atoms with Crippen LogP contribution in [0.5, 0.6) is 0 Å². The SMILES string of the molecule is C=C(CC)[C@H]1NC(=O)C[C@@H](c2cc(Cl)cc(C(=O)O)c2)[C@]12C(=O)Nc1cc(Cl)ccc12. The number of anilines is 1. The number of halogens is 2. The maximum atomic E-state index is 13.6. The van der Waals surface area contributed by atoms with Gasteiger partial charge in [-0.3, -0.25) is 9.59 Å². The largest absolute Gasteiger partial charge is 0.478 e. The minimum atomic E-state index is -1.22. The number of amides is 2. The van der Waals surface area contributed by atoms with Gasteiger partial charge in [-0.1, -0.05) is 48.3 Å². The van der Waals surface area contributed by atoms with Crippen molar-refractivity contribution >= 4 is 46.7 Å². The van der Waals surface area contributed by atoms with Crippen LogP contribution in [0.15, 0.2) is 48.6 Å². The van der Waals surface area contributed by atoms with Crippen molar-refractivity contribution in [3.05, 3.63) is 75.3 Å². The van der Waals surface area contributed by atoms with E-state index in [4.69, 9.17) is 23.2 Å². The molecule has 1 saturated heterocycles. The van der Waals surface area contributed by atoms with Gasteiger partial charge in [0.15, 0.2) is 0 Å². The first kappa shape index (κ1) is 21.4. The van der Waals surface area contributed by atoms with E-state index in [2.05, 4.69) is 17.2 Å². The number of nitrogens with one attached hydrogen (secondary N) is 2. The minimum Gasteiger partial charge on any atom is -0.478 e. The standard InChI is InChI=1S/C23H20Cl2N2O4/c1-3-11(2)20-23(16-5-4-14(24)9-18(16)26-22(23)31)17(10-19(28)27-20)12-6-13(21(29)30)8-15(25)7-12/h4-9,17,20H,2-3,10H2,1H3,(H,26,31)(H,27,28)(H,29,30)/t17-,20+,23-/m0/s1. The lowest BCUT2D eigenvalue weighted by molar-refractivity contribution is -0.130. The van der Waals surface area contributed by atoms with Crippen molar-refractivity contribution in [2.75, 3.05) is 5.32 Å². The fraction of sp³-hybridized carbons (Fsp3) is 0.261. The second-order valence-corrected chi connectivity index (χ2v) is 8.73. The maximum Gasteiger partial charge on any atom is 0.335 e. The number of fused-ring (bicyclic) bond motifs is 2. The Balaban J connectivity index is 2.02. The Morgan fingerprint density at radius 3 is 2.61 bits per heavy atom. The zero-order valence-corrected chi connectivity index (χ0v) is 18.2. The van der Waals surface area contributed by atoms with Crippen molar-refractivity contribution in [2.24, 2.45) is 0 Å². The summed E-state index contributed by atoms with van der Waals surface area (Å²) in [4.78, 5) is 38.0. The van der Waals surface area contributed by atoms with Gasteiger partial charge in [-0.15, -0.1) is 0 Å². The lowest BCUT2D eigenvalue weighted by Crippen LogP contribution is -2.62. The number of rotatable bonds is 4. The summed E-state index contributed by atoms with van der Waals surface area (Å²) in [5.41, 5.74) is 1.21. The average Bonchev–Trinajstić information content (AvgIpc) is 2.99. The minimum absolute atomic E-state index is 0.00997. The quantitative estimate of drug-likeness (QED) is 0.586. The molecule has 3 N–H and O–H groups in total. The Bertz CT molecular complexity index is 1150. The third-order valence-electron chi connectivity index (χ3n) is 6.18. The lowest BCUT2D eigenvalue weighted by Gasteiger charge is -2.47. The number of carbonyl (C=O) groups excluding carboxylic acids is 2. The van der Waals surface area contributed by atoms with Crippen LogP contribution >= 0.6 is 23.2 Å². The summed E-state index contributed by atoms with van der Waals surface area (Å²) in [6.45, 7) is 6.03. The van der Waals surface area contributed by atoms with E-state index in [-0.39, 0.29) is 28.8 Å². The summed E-state index contributed by atoms with van der Waals surface area (Å²) in [6.07, 6.45) is 0.536. The van der Waals surface area contributed by atoms with Crippen molar-refractivity contribution in [1.82, 2.24) is 5.32 Å². The van der Waals surface area contributed by atoms with Crippen molar-refractivity contribution in [3.8, 4) is 0 Å². The highest BCUT2D eigenvalue weighted by Gasteiger charge is 2.61. The number of carbonyl (C=O) groups is 3. The molecule has 160 valence electrons. The van der Waals surface area contributed by atoms with Crippen LogP contribution in [0.2, 0.25) is 10.0 Å². The molecule has 31 heavy (non-hydrogen) atoms. The summed E-state index contributed by atoms with van der Waals surface area (Å²) in [5, 5.41) is 16.1. The fourth-order valence-electron chi connectivity index (χ4n) is 4.79. The molecule has 1 spiro atoms. The van der Waals surface area contributed by atoms with E-state index < -0.39 is 23.3 Å². The average molecular weight is 459 g/mol. The van der Waals surface area contributed by atoms with Crippen molar-refractivity contribution in [1.29, 1.82) is 0 Å². The predicted molar refractivity (Wildman–Crippen MR) is 119 cm³/mol. The summed E-state index contributed by atoms with van der Waals surface area (Å²) in [7, 11) is 0. The zero-order valence-electron chi connectivity index (χ0n) is 16.7. The number of carboxylic acid groups (broad SMARTS) is 1. The number of carboxylic acids is 1. The van der Waals surface area contributed by atoms with Gasteiger partial charge >= 0.3 is 5.97 Å². The number of aromatic carboxylic acids is 1. The number of benzene rings is 2. The van der Waals surface area contributed by atoms with Gasteiger partial charge in [0, 0.05) is 28.1 Å². The molecule has 0 radical (unpaired) electrons. The molecule has 4 rings (SSSR count). The molecule has 0 saturated carbocycles. The molecule has 1 fully saturated rings. The van der Waals surface area contributed by atoms with Gasteiger partial charge in [-0.05, 0) is 47.9 Å². The molecule has 0 unspecified atom stereocenters. The highest BCUT2D eigenvalue weighted by atomic mass is 35.5. The fourth-order valence-corrected chi connectivity index (χ4v) is 5.20. The molecule has 2 aliphatic heterocycles. The van der Waals surface area contributed by atoms with E-state index >= 15 is 0 Å². The van der Waals surface area contributed by atoms with E-state index in [1.54, 1.807) is 24.3 Å². The molecule has 3 atom stereocenters. The summed E-state index contributed by atoms with van der Waals surface area (Å²) < 4.78 is 0. The van der Waals surface area contributed by atoms with Gasteiger partial charge in [-0.25, -0.2) is 4.79 Å². The van der Waals surface area contributed by atoms with Gasteiger partial charge in [-0.2, -0.15) is 0 Å². The van der Waals surface area contributed by atoms with Crippen molar-refractivity contribution in [2.45, 2.75) is 37.1 Å². The Labute approximate surface area is 189 Å². The molecule has 0 aliphatic carbocycles. The van der Waals surface area contributed by atoms with Crippen molar-refractivity contribution < 1.29 is 19.5 Å². The van der Waals surface area contributed by atoms with Gasteiger partial charge in [0.25, 0.3) is 0 Å². The molecule has 6 nitrogen and oxygen atoms in total. The smallest absolute Gasteiger partial charge is 0.335 e. The van der Waals surface area contributed by atoms with E-state index in [0.717, 1.165) is 0 Å². The topological polar surface area (TPSA) is 95.5 Å². The van der Waals surface area contributed by atoms with Gasteiger partial charge < -0.3 is 15.7 Å². The first-order valence-corrected chi connectivity index (χ1v) is 10.6. The maximum absolute atomic E-state index is 13.6. The lowest BCUT2D eigenvalue weighted by atomic mass is 9.59. The van der Waals surface area contributed by atoms with E-state index in [1.807, 2.05) is 6.92 Å². The van der Waals surface area contributed by atoms with Crippen LogP contribution in [0.25, 0.3) is 0 Å². The molecule has 8 heteroatoms. The zero-order chi connectivity index (χ0) is 22.5. The highest BCUT2D eigenvalue weighted by molar-refractivity contribution is 6.31. The van der Waals surface area contributed by atoms with Gasteiger partial charge in [0.2, 0.25) is 11.8 Å². The summed E-state index contributed by atoms with van der Waals surface area (Å²) in [5.74, 6) is -2.35. The molecular formula is C23H20Cl2N2O4. The molecule has 2 aliphatic rings. The number of hydrogen-bond acceptors (Lipinski definition) is 3. The summed E-state index contributed by atoms with van der Waals surface area (Å²) in [6, 6.07) is 8.90. The first-order chi connectivity index (χ1) is 14.7. The van der Waals surface area contributed by atoms with Crippen LogP contribution in [-0.4, -0.2) is 28.9 Å². The summed E-state index contributed by atoms with van der Waals surface area (Å²) >= 11 is 12.4. The molecular weight excluding hydrogens is 439 g/mol. The van der Waals surface area contributed by atoms with E-state index in [0.29, 0.717) is 33.8 Å². The predicted octanol–water partition coefficient (Wildman–Crippen LogP) is 4.52. The van der Waals surface area contributed by atoms with Crippen molar-refractivity contribution in [3.63, 3.8) is 0 Å². The van der Waals surface area contributed by atoms with Crippen LogP contribution in [0.3, 0.4) is 0 Å². The van der Waals surface area contributed by atoms with Crippen LogP contribution in [0, 0.1) is 0 Å². The van der Waals surface area contributed by atoms with E-state index in [1.165, 1.54) is 12.1 Å². The molecule has 0 bridgehead atoms. The highest BCUT2D eigenvalue weighted by Crippen LogP contribution is 2.54. The monoisotopic (exact) mass is 458 g/mol.